The summed E-state index contributed by atoms with van der Waals surface area (Å²) in [5.74, 6) is 6.29. The van der Waals surface area contributed by atoms with Crippen molar-refractivity contribution in [2.75, 3.05) is 38.3 Å². The Kier molecular flexibility index (Phi) is 5.48. The summed E-state index contributed by atoms with van der Waals surface area (Å²) in [7, 11) is 3.72. The molecule has 1 atom stereocenters. The third kappa shape index (κ3) is 3.90. The van der Waals surface area contributed by atoms with Gasteiger partial charge in [-0.3, -0.25) is 0 Å². The highest BCUT2D eigenvalue weighted by molar-refractivity contribution is 6.31. The van der Waals surface area contributed by atoms with E-state index in [1.165, 1.54) is 12.4 Å². The number of aromatic nitrogens is 2. The van der Waals surface area contributed by atoms with Gasteiger partial charge in [0.25, 0.3) is 0 Å². The fourth-order valence-corrected chi connectivity index (χ4v) is 3.70. The quantitative estimate of drug-likeness (QED) is 0.490. The summed E-state index contributed by atoms with van der Waals surface area (Å²) in [4.78, 5) is 10.7. The Labute approximate surface area is 179 Å². The van der Waals surface area contributed by atoms with Crippen molar-refractivity contribution in [1.29, 1.82) is 0 Å². The number of benzene rings is 2. The summed E-state index contributed by atoms with van der Waals surface area (Å²) in [6.45, 7) is 1.67. The summed E-state index contributed by atoms with van der Waals surface area (Å²) in [5, 5.41) is 3.65. The molecule has 0 bridgehead atoms. The monoisotopic (exact) mass is 425 g/mol. The molecule has 1 fully saturated rings. The van der Waals surface area contributed by atoms with Crippen LogP contribution in [0.4, 0.5) is 21.6 Å². The number of likely N-dealkylation sites (N-methyl/N-ethyl adjacent to an activating group) is 1. The third-order valence-electron chi connectivity index (χ3n) is 5.25. The van der Waals surface area contributed by atoms with Crippen molar-refractivity contribution in [3.05, 3.63) is 53.1 Å². The predicted octanol–water partition coefficient (Wildman–Crippen LogP) is 3.82. The second-order valence-electron chi connectivity index (χ2n) is 7.34. The van der Waals surface area contributed by atoms with Crippen molar-refractivity contribution in [2.45, 2.75) is 12.0 Å². The first-order valence-electron chi connectivity index (χ1n) is 9.43. The normalized spacial score (nSPS) is 18.9. The molecule has 1 aromatic heterocycles. The molecule has 0 aliphatic carbocycles. The lowest BCUT2D eigenvalue weighted by molar-refractivity contribution is 0.0509. The molecule has 30 heavy (non-hydrogen) atoms. The van der Waals surface area contributed by atoms with E-state index in [0.717, 1.165) is 19.5 Å². The van der Waals surface area contributed by atoms with Crippen molar-refractivity contribution in [2.24, 2.45) is 0 Å². The van der Waals surface area contributed by atoms with Crippen LogP contribution in [0.5, 0.6) is 0 Å². The fourth-order valence-electron chi connectivity index (χ4n) is 3.52. The predicted molar refractivity (Wildman–Crippen MR) is 117 cm³/mol. The molecule has 0 unspecified atom stereocenters. The Hall–Kier alpha value is -2.92. The number of likely N-dealkylation sites (tertiary alicyclic amines) is 1. The molecule has 0 radical (unpaired) electrons. The number of hydrogen-bond donors (Lipinski definition) is 2. The van der Waals surface area contributed by atoms with Crippen molar-refractivity contribution >= 4 is 39.7 Å². The number of methoxy groups -OCH3 is 1. The molecule has 0 saturated carbocycles. The Morgan fingerprint density at radius 1 is 1.33 bits per heavy atom. The molecule has 1 aliphatic rings. The molecule has 8 heteroatoms. The average Bonchev–Trinajstić information content (AvgIpc) is 3.12. The summed E-state index contributed by atoms with van der Waals surface area (Å²) in [6.07, 6.45) is 2.24. The smallest absolute Gasteiger partial charge is 0.165 e. The Balaban J connectivity index is 1.71. The second kappa shape index (κ2) is 8.07. The summed E-state index contributed by atoms with van der Waals surface area (Å²) in [6, 6.07) is 8.27. The van der Waals surface area contributed by atoms with E-state index in [-0.39, 0.29) is 10.7 Å². The van der Waals surface area contributed by atoms with Crippen LogP contribution in [0.1, 0.15) is 12.0 Å². The van der Waals surface area contributed by atoms with Gasteiger partial charge in [0, 0.05) is 43.3 Å². The summed E-state index contributed by atoms with van der Waals surface area (Å²) < 4.78 is 20.0. The molecule has 1 aliphatic heterocycles. The van der Waals surface area contributed by atoms with E-state index >= 15 is 0 Å². The van der Waals surface area contributed by atoms with Gasteiger partial charge in [-0.1, -0.05) is 29.5 Å². The van der Waals surface area contributed by atoms with Crippen LogP contribution in [-0.2, 0) is 4.74 Å². The number of nitrogen functional groups attached to an aromatic ring is 1. The highest BCUT2D eigenvalue weighted by Crippen LogP contribution is 2.30. The molecule has 4 rings (SSSR count). The fraction of sp³-hybridized carbons (Fsp3) is 0.273. The van der Waals surface area contributed by atoms with E-state index in [2.05, 4.69) is 32.0 Å². The molecule has 1 saturated heterocycles. The standard InChI is InChI=1S/C22H21ClFN5O/c1-29-9-8-22(12-29,30-2)7-6-14-10-19-15(11-17(14)25)21(27-13-26-19)28-18-5-3-4-16(23)20(18)24/h3-5,10-11,13H,8-9,12,25H2,1-2H3,(H,26,27,28)/t22-/m0/s1. The molecule has 2 heterocycles. The first-order chi connectivity index (χ1) is 14.4. The van der Waals surface area contributed by atoms with E-state index in [9.17, 15) is 4.39 Å². The molecule has 154 valence electrons. The second-order valence-corrected chi connectivity index (χ2v) is 7.75. The lowest BCUT2D eigenvalue weighted by Gasteiger charge is -2.20. The zero-order valence-corrected chi connectivity index (χ0v) is 17.4. The molecular weight excluding hydrogens is 405 g/mol. The Morgan fingerprint density at radius 2 is 2.17 bits per heavy atom. The van der Waals surface area contributed by atoms with Crippen LogP contribution < -0.4 is 11.1 Å². The van der Waals surface area contributed by atoms with Crippen LogP contribution in [0.25, 0.3) is 10.9 Å². The molecule has 6 nitrogen and oxygen atoms in total. The van der Waals surface area contributed by atoms with Gasteiger partial charge in [-0.05, 0) is 31.3 Å². The number of halogens is 2. The van der Waals surface area contributed by atoms with Gasteiger partial charge >= 0.3 is 0 Å². The van der Waals surface area contributed by atoms with Gasteiger partial charge in [0.1, 0.15) is 17.7 Å². The van der Waals surface area contributed by atoms with Crippen LogP contribution >= 0.6 is 11.6 Å². The summed E-state index contributed by atoms with van der Waals surface area (Å²) >= 11 is 5.87. The highest BCUT2D eigenvalue weighted by Gasteiger charge is 2.35. The van der Waals surface area contributed by atoms with Gasteiger partial charge in [-0.25, -0.2) is 14.4 Å². The van der Waals surface area contributed by atoms with Crippen LogP contribution in [0.3, 0.4) is 0 Å². The lowest BCUT2D eigenvalue weighted by atomic mass is 10.0. The van der Waals surface area contributed by atoms with Crippen molar-refractivity contribution in [1.82, 2.24) is 14.9 Å². The molecule has 0 amide bonds. The molecule has 0 spiro atoms. The highest BCUT2D eigenvalue weighted by atomic mass is 35.5. The number of fused-ring (bicyclic) bond motifs is 1. The van der Waals surface area contributed by atoms with Crippen LogP contribution in [0.2, 0.25) is 5.02 Å². The van der Waals surface area contributed by atoms with Gasteiger partial charge in [0.15, 0.2) is 5.82 Å². The molecule has 3 aromatic rings. The van der Waals surface area contributed by atoms with Gasteiger partial charge in [0.2, 0.25) is 0 Å². The van der Waals surface area contributed by atoms with E-state index < -0.39 is 11.4 Å². The van der Waals surface area contributed by atoms with Gasteiger partial charge in [0.05, 0.1) is 16.2 Å². The van der Waals surface area contributed by atoms with E-state index in [1.807, 2.05) is 7.05 Å². The van der Waals surface area contributed by atoms with Crippen LogP contribution in [0.15, 0.2) is 36.7 Å². The van der Waals surface area contributed by atoms with Gasteiger partial charge in [-0.15, -0.1) is 0 Å². The first-order valence-corrected chi connectivity index (χ1v) is 9.81. The van der Waals surface area contributed by atoms with Crippen LogP contribution in [0, 0.1) is 17.7 Å². The van der Waals surface area contributed by atoms with Crippen molar-refractivity contribution in [3.63, 3.8) is 0 Å². The van der Waals surface area contributed by atoms with E-state index in [1.54, 1.807) is 31.4 Å². The number of anilines is 3. The Morgan fingerprint density at radius 3 is 2.90 bits per heavy atom. The van der Waals surface area contributed by atoms with Gasteiger partial charge < -0.3 is 20.7 Å². The van der Waals surface area contributed by atoms with Crippen molar-refractivity contribution < 1.29 is 9.13 Å². The topological polar surface area (TPSA) is 76.3 Å². The van der Waals surface area contributed by atoms with Crippen molar-refractivity contribution in [3.8, 4) is 11.8 Å². The molecule has 2 aromatic carbocycles. The lowest BCUT2D eigenvalue weighted by Crippen LogP contribution is -2.32. The number of ether oxygens (including phenoxy) is 1. The van der Waals surface area contributed by atoms with Crippen LogP contribution in [-0.4, -0.2) is 47.7 Å². The number of nitrogens with two attached hydrogens (primary N) is 1. The minimum absolute atomic E-state index is 0.0278. The minimum Gasteiger partial charge on any atom is -0.398 e. The van der Waals surface area contributed by atoms with E-state index in [0.29, 0.717) is 28.0 Å². The number of nitrogens with one attached hydrogen (secondary N) is 1. The number of nitrogens with zero attached hydrogens (tertiary/aromatic N) is 3. The maximum atomic E-state index is 14.3. The van der Waals surface area contributed by atoms with E-state index in [4.69, 9.17) is 22.1 Å². The average molecular weight is 426 g/mol. The SMILES string of the molecule is CO[C@@]1(C#Cc2cc3ncnc(Nc4cccc(Cl)c4F)c3cc2N)CCN(C)C1. The Bertz CT molecular complexity index is 1180. The maximum absolute atomic E-state index is 14.3. The zero-order valence-electron chi connectivity index (χ0n) is 16.7. The minimum atomic E-state index is -0.548. The molecule has 3 N–H and O–H groups in total. The maximum Gasteiger partial charge on any atom is 0.165 e. The molecular formula is C22H21ClFN5O. The largest absolute Gasteiger partial charge is 0.398 e. The first kappa shape index (κ1) is 20.4. The summed E-state index contributed by atoms with van der Waals surface area (Å²) in [5.41, 5.74) is 7.77. The zero-order chi connectivity index (χ0) is 21.3. The number of hydrogen-bond acceptors (Lipinski definition) is 6. The van der Waals surface area contributed by atoms with Gasteiger partial charge in [-0.2, -0.15) is 0 Å². The number of rotatable bonds is 3. The third-order valence-corrected chi connectivity index (χ3v) is 5.54.